The first-order valence-corrected chi connectivity index (χ1v) is 6.18. The van der Waals surface area contributed by atoms with Gasteiger partial charge < -0.3 is 10.6 Å². The number of hydrogen-bond acceptors (Lipinski definition) is 2. The van der Waals surface area contributed by atoms with Crippen LogP contribution >= 0.6 is 0 Å². The van der Waals surface area contributed by atoms with E-state index in [-0.39, 0.29) is 5.91 Å². The molecular weight excluding hydrogens is 188 g/mol. The summed E-state index contributed by atoms with van der Waals surface area (Å²) in [5.41, 5.74) is 0.494. The maximum atomic E-state index is 11.5. The van der Waals surface area contributed by atoms with Crippen molar-refractivity contribution >= 4 is 5.91 Å². The van der Waals surface area contributed by atoms with Crippen LogP contribution in [0.25, 0.3) is 0 Å². The van der Waals surface area contributed by atoms with Crippen molar-refractivity contribution in [2.45, 2.75) is 51.5 Å². The summed E-state index contributed by atoms with van der Waals surface area (Å²) in [5.74, 6) is 0.172. The van der Waals surface area contributed by atoms with Crippen LogP contribution in [0.5, 0.6) is 0 Å². The molecule has 2 saturated carbocycles. The fourth-order valence-corrected chi connectivity index (χ4v) is 2.22. The highest BCUT2D eigenvalue weighted by Gasteiger charge is 2.36. The van der Waals surface area contributed by atoms with Gasteiger partial charge in [0.2, 0.25) is 5.91 Å². The second kappa shape index (κ2) is 4.52. The Hall–Kier alpha value is -0.570. The highest BCUT2D eigenvalue weighted by molar-refractivity contribution is 5.78. The highest BCUT2D eigenvalue weighted by Crippen LogP contribution is 2.43. The molecule has 0 saturated heterocycles. The van der Waals surface area contributed by atoms with Crippen LogP contribution in [0.15, 0.2) is 0 Å². The van der Waals surface area contributed by atoms with E-state index in [9.17, 15) is 4.79 Å². The van der Waals surface area contributed by atoms with Crippen molar-refractivity contribution in [1.82, 2.24) is 10.6 Å². The molecule has 2 N–H and O–H groups in total. The number of carbonyl (C=O) groups excluding carboxylic acids is 1. The van der Waals surface area contributed by atoms with Crippen LogP contribution in [0.3, 0.4) is 0 Å². The topological polar surface area (TPSA) is 41.1 Å². The summed E-state index contributed by atoms with van der Waals surface area (Å²) in [6.07, 6.45) is 7.51. The molecule has 0 unspecified atom stereocenters. The van der Waals surface area contributed by atoms with Crippen molar-refractivity contribution in [3.63, 3.8) is 0 Å². The SMILES string of the molecule is CC1(CNCC(=O)NC2CCCC2)CC1. The van der Waals surface area contributed by atoms with Crippen LogP contribution in [0.4, 0.5) is 0 Å². The van der Waals surface area contributed by atoms with Crippen LogP contribution in [0.1, 0.15) is 45.4 Å². The Bertz CT molecular complexity index is 230. The first kappa shape index (κ1) is 10.9. The molecule has 2 fully saturated rings. The van der Waals surface area contributed by atoms with Gasteiger partial charge in [-0.15, -0.1) is 0 Å². The van der Waals surface area contributed by atoms with Crippen molar-refractivity contribution in [3.8, 4) is 0 Å². The van der Waals surface area contributed by atoms with Crippen molar-refractivity contribution in [2.24, 2.45) is 5.41 Å². The molecule has 0 bridgehead atoms. The van der Waals surface area contributed by atoms with Gasteiger partial charge >= 0.3 is 0 Å². The maximum Gasteiger partial charge on any atom is 0.234 e. The monoisotopic (exact) mass is 210 g/mol. The van der Waals surface area contributed by atoms with Crippen molar-refractivity contribution in [3.05, 3.63) is 0 Å². The third-order valence-corrected chi connectivity index (χ3v) is 3.66. The molecule has 0 spiro atoms. The predicted octanol–water partition coefficient (Wildman–Crippen LogP) is 1.43. The summed E-state index contributed by atoms with van der Waals surface area (Å²) in [6, 6.07) is 0.454. The lowest BCUT2D eigenvalue weighted by molar-refractivity contribution is -0.120. The van der Waals surface area contributed by atoms with Crippen LogP contribution in [0.2, 0.25) is 0 Å². The molecule has 2 aliphatic rings. The van der Waals surface area contributed by atoms with E-state index in [1.165, 1.54) is 38.5 Å². The van der Waals surface area contributed by atoms with Gasteiger partial charge in [0.1, 0.15) is 0 Å². The Morgan fingerprint density at radius 1 is 1.33 bits per heavy atom. The van der Waals surface area contributed by atoms with Crippen LogP contribution < -0.4 is 10.6 Å². The van der Waals surface area contributed by atoms with E-state index >= 15 is 0 Å². The van der Waals surface area contributed by atoms with Gasteiger partial charge in [0.05, 0.1) is 6.54 Å². The average Bonchev–Trinajstić information content (AvgIpc) is 2.73. The summed E-state index contributed by atoms with van der Waals surface area (Å²) in [7, 11) is 0. The Morgan fingerprint density at radius 2 is 2.00 bits per heavy atom. The summed E-state index contributed by atoms with van der Waals surface area (Å²) in [5, 5.41) is 6.33. The second-order valence-electron chi connectivity index (χ2n) is 5.46. The largest absolute Gasteiger partial charge is 0.352 e. The lowest BCUT2D eigenvalue weighted by atomic mass is 10.1. The summed E-state index contributed by atoms with van der Waals surface area (Å²) >= 11 is 0. The highest BCUT2D eigenvalue weighted by atomic mass is 16.1. The van der Waals surface area contributed by atoms with Gasteiger partial charge in [-0.05, 0) is 31.1 Å². The van der Waals surface area contributed by atoms with Crippen LogP contribution in [-0.2, 0) is 4.79 Å². The first-order valence-electron chi connectivity index (χ1n) is 6.18. The molecule has 0 aliphatic heterocycles. The zero-order valence-corrected chi connectivity index (χ0v) is 9.64. The van der Waals surface area contributed by atoms with Gasteiger partial charge in [0.25, 0.3) is 0 Å². The Kier molecular flexibility index (Phi) is 3.29. The molecule has 3 nitrogen and oxygen atoms in total. The molecule has 0 aromatic carbocycles. The normalized spacial score (nSPS) is 24.1. The average molecular weight is 210 g/mol. The molecule has 1 amide bonds. The summed E-state index contributed by atoms with van der Waals surface area (Å²) in [4.78, 5) is 11.5. The van der Waals surface area contributed by atoms with Gasteiger partial charge in [0.15, 0.2) is 0 Å². The maximum absolute atomic E-state index is 11.5. The molecule has 86 valence electrons. The minimum atomic E-state index is 0.172. The Morgan fingerprint density at radius 3 is 2.60 bits per heavy atom. The number of rotatable bonds is 5. The number of hydrogen-bond donors (Lipinski definition) is 2. The van der Waals surface area contributed by atoms with Crippen molar-refractivity contribution < 1.29 is 4.79 Å². The summed E-state index contributed by atoms with van der Waals surface area (Å²) < 4.78 is 0. The van der Waals surface area contributed by atoms with Gasteiger partial charge in [-0.25, -0.2) is 0 Å². The van der Waals surface area contributed by atoms with Gasteiger partial charge in [-0.2, -0.15) is 0 Å². The third-order valence-electron chi connectivity index (χ3n) is 3.66. The molecule has 15 heavy (non-hydrogen) atoms. The first-order chi connectivity index (χ1) is 7.18. The number of nitrogens with one attached hydrogen (secondary N) is 2. The van der Waals surface area contributed by atoms with E-state index in [4.69, 9.17) is 0 Å². The van der Waals surface area contributed by atoms with E-state index in [2.05, 4.69) is 17.6 Å². The predicted molar refractivity (Wildman–Crippen MR) is 60.6 cm³/mol. The molecule has 3 heteroatoms. The lowest BCUT2D eigenvalue weighted by Crippen LogP contribution is -2.40. The van der Waals surface area contributed by atoms with E-state index in [0.29, 0.717) is 18.0 Å². The second-order valence-corrected chi connectivity index (χ2v) is 5.46. The van der Waals surface area contributed by atoms with E-state index in [0.717, 1.165) is 6.54 Å². The fourth-order valence-electron chi connectivity index (χ4n) is 2.22. The third kappa shape index (κ3) is 3.49. The molecule has 0 aromatic heterocycles. The van der Waals surface area contributed by atoms with E-state index in [1.54, 1.807) is 0 Å². The minimum absolute atomic E-state index is 0.172. The summed E-state index contributed by atoms with van der Waals surface area (Å²) in [6.45, 7) is 3.76. The molecule has 0 aromatic rings. The quantitative estimate of drug-likeness (QED) is 0.721. The number of amides is 1. The lowest BCUT2D eigenvalue weighted by Gasteiger charge is -2.13. The van der Waals surface area contributed by atoms with Gasteiger partial charge in [0, 0.05) is 12.6 Å². The van der Waals surface area contributed by atoms with E-state index < -0.39 is 0 Å². The fraction of sp³-hybridized carbons (Fsp3) is 0.917. The minimum Gasteiger partial charge on any atom is -0.352 e. The smallest absolute Gasteiger partial charge is 0.234 e. The van der Waals surface area contributed by atoms with Crippen molar-refractivity contribution in [1.29, 1.82) is 0 Å². The van der Waals surface area contributed by atoms with Crippen molar-refractivity contribution in [2.75, 3.05) is 13.1 Å². The van der Waals surface area contributed by atoms with E-state index in [1.807, 2.05) is 0 Å². The molecule has 2 rings (SSSR count). The molecule has 2 aliphatic carbocycles. The van der Waals surface area contributed by atoms with Crippen LogP contribution in [-0.4, -0.2) is 25.0 Å². The van der Waals surface area contributed by atoms with Gasteiger partial charge in [-0.1, -0.05) is 19.8 Å². The molecular formula is C12H22N2O. The zero-order chi connectivity index (χ0) is 10.7. The molecule has 0 heterocycles. The number of carbonyl (C=O) groups is 1. The standard InChI is InChI=1S/C12H22N2O/c1-12(6-7-12)9-13-8-11(15)14-10-4-2-3-5-10/h10,13H,2-9H2,1H3,(H,14,15). The Balaban J connectivity index is 1.55. The molecule has 0 atom stereocenters. The van der Waals surface area contributed by atoms with Gasteiger partial charge in [-0.3, -0.25) is 4.79 Å². The van der Waals surface area contributed by atoms with Crippen LogP contribution in [0, 0.1) is 5.41 Å². The zero-order valence-electron chi connectivity index (χ0n) is 9.64. The Labute approximate surface area is 92.0 Å². The molecule has 0 radical (unpaired) electrons.